The molecule has 27 heavy (non-hydrogen) atoms. The van der Waals surface area contributed by atoms with E-state index in [1.165, 1.54) is 5.56 Å². The van der Waals surface area contributed by atoms with E-state index in [-0.39, 0.29) is 11.9 Å². The van der Waals surface area contributed by atoms with Crippen molar-refractivity contribution in [2.45, 2.75) is 33.4 Å². The fourth-order valence-electron chi connectivity index (χ4n) is 2.91. The van der Waals surface area contributed by atoms with E-state index in [0.29, 0.717) is 28.0 Å². The van der Waals surface area contributed by atoms with Crippen LogP contribution in [0.15, 0.2) is 48.5 Å². The summed E-state index contributed by atoms with van der Waals surface area (Å²) in [6.07, 6.45) is 0. The lowest BCUT2D eigenvalue weighted by Gasteiger charge is -2.14. The first-order valence-electron chi connectivity index (χ1n) is 8.70. The number of amides is 1. The lowest BCUT2D eigenvalue weighted by atomic mass is 10.1. The van der Waals surface area contributed by atoms with Crippen molar-refractivity contribution in [3.63, 3.8) is 0 Å². The van der Waals surface area contributed by atoms with Crippen LogP contribution in [0.4, 0.5) is 0 Å². The molecule has 3 rings (SSSR count). The molecule has 0 saturated heterocycles. The third-order valence-electron chi connectivity index (χ3n) is 4.50. The first kappa shape index (κ1) is 19.5. The Hall–Kier alpha value is -2.30. The third-order valence-corrected chi connectivity index (χ3v) is 5.25. The molecular weight excluding hydrogens is 381 g/mol. The van der Waals surface area contributed by atoms with Crippen molar-refractivity contribution in [3.05, 3.63) is 86.7 Å². The lowest BCUT2D eigenvalue weighted by molar-refractivity contribution is 0.0939. The zero-order chi connectivity index (χ0) is 19.6. The smallest absolute Gasteiger partial charge is 0.256 e. The summed E-state index contributed by atoms with van der Waals surface area (Å²) < 4.78 is 1.60. The lowest BCUT2D eigenvalue weighted by Crippen LogP contribution is -2.27. The second-order valence-corrected chi connectivity index (χ2v) is 7.37. The van der Waals surface area contributed by atoms with Gasteiger partial charge in [-0.05, 0) is 38.0 Å². The number of hydrogen-bond donors (Lipinski definition) is 1. The van der Waals surface area contributed by atoms with Gasteiger partial charge in [-0.3, -0.25) is 4.79 Å². The van der Waals surface area contributed by atoms with Crippen LogP contribution in [0.1, 0.15) is 45.7 Å². The summed E-state index contributed by atoms with van der Waals surface area (Å²) in [5.74, 6) is -0.240. The van der Waals surface area contributed by atoms with Gasteiger partial charge in [-0.25, -0.2) is 4.68 Å². The van der Waals surface area contributed by atoms with E-state index < -0.39 is 0 Å². The second-order valence-electron chi connectivity index (χ2n) is 6.61. The number of carbonyl (C=O) groups is 1. The fourth-order valence-corrected chi connectivity index (χ4v) is 3.43. The van der Waals surface area contributed by atoms with Crippen molar-refractivity contribution in [2.75, 3.05) is 0 Å². The van der Waals surface area contributed by atoms with Crippen molar-refractivity contribution in [1.29, 1.82) is 0 Å². The molecule has 0 aliphatic heterocycles. The number of nitrogens with one attached hydrogen (secondary N) is 1. The standard InChI is InChI=1S/C21H21Cl2N3O/c1-13-8-10-16(11-9-13)14(2)24-21(27)19-15(3)25-26(20(19)23)12-17-6-4-5-7-18(17)22/h4-11,14H,12H2,1-3H3,(H,24,27). The molecule has 1 N–H and O–H groups in total. The average Bonchev–Trinajstić information content (AvgIpc) is 2.91. The SMILES string of the molecule is Cc1ccc(C(C)NC(=O)c2c(C)nn(Cc3ccccc3Cl)c2Cl)cc1. The molecule has 0 bridgehead atoms. The van der Waals surface area contributed by atoms with Crippen molar-refractivity contribution >= 4 is 29.1 Å². The molecule has 0 spiro atoms. The molecule has 1 amide bonds. The van der Waals surface area contributed by atoms with Crippen LogP contribution in [0.2, 0.25) is 10.2 Å². The van der Waals surface area contributed by atoms with E-state index in [2.05, 4.69) is 10.4 Å². The summed E-state index contributed by atoms with van der Waals surface area (Å²) in [6, 6.07) is 15.4. The van der Waals surface area contributed by atoms with Crippen LogP contribution < -0.4 is 5.32 Å². The van der Waals surface area contributed by atoms with E-state index >= 15 is 0 Å². The quantitative estimate of drug-likeness (QED) is 0.626. The van der Waals surface area contributed by atoms with Gasteiger partial charge in [-0.2, -0.15) is 5.10 Å². The maximum Gasteiger partial charge on any atom is 0.256 e. The highest BCUT2D eigenvalue weighted by atomic mass is 35.5. The maximum absolute atomic E-state index is 12.8. The number of carbonyl (C=O) groups excluding carboxylic acids is 1. The van der Waals surface area contributed by atoms with Gasteiger partial charge < -0.3 is 5.32 Å². The van der Waals surface area contributed by atoms with Gasteiger partial charge in [0.15, 0.2) is 0 Å². The van der Waals surface area contributed by atoms with E-state index in [0.717, 1.165) is 11.1 Å². The van der Waals surface area contributed by atoms with Crippen molar-refractivity contribution in [3.8, 4) is 0 Å². The molecule has 6 heteroatoms. The Morgan fingerprint density at radius 2 is 1.78 bits per heavy atom. The van der Waals surface area contributed by atoms with Gasteiger partial charge in [0.2, 0.25) is 0 Å². The molecule has 1 heterocycles. The van der Waals surface area contributed by atoms with Crippen LogP contribution in [-0.4, -0.2) is 15.7 Å². The molecule has 0 aliphatic rings. The minimum absolute atomic E-state index is 0.138. The first-order valence-corrected chi connectivity index (χ1v) is 9.46. The van der Waals surface area contributed by atoms with Gasteiger partial charge in [-0.15, -0.1) is 0 Å². The number of benzene rings is 2. The number of hydrogen-bond acceptors (Lipinski definition) is 2. The summed E-state index contributed by atoms with van der Waals surface area (Å²) >= 11 is 12.7. The highest BCUT2D eigenvalue weighted by molar-refractivity contribution is 6.33. The molecule has 2 aromatic carbocycles. The minimum atomic E-state index is -0.240. The second kappa shape index (κ2) is 8.15. The molecule has 0 saturated carbocycles. The van der Waals surface area contributed by atoms with Crippen LogP contribution in [0, 0.1) is 13.8 Å². The Morgan fingerprint density at radius 1 is 1.11 bits per heavy atom. The van der Waals surface area contributed by atoms with Crippen molar-refractivity contribution in [2.24, 2.45) is 0 Å². The predicted octanol–water partition coefficient (Wildman–Crippen LogP) is 5.35. The zero-order valence-electron chi connectivity index (χ0n) is 15.5. The normalized spacial score (nSPS) is 12.0. The van der Waals surface area contributed by atoms with Gasteiger partial charge in [-0.1, -0.05) is 71.2 Å². The highest BCUT2D eigenvalue weighted by Gasteiger charge is 2.22. The molecule has 1 unspecified atom stereocenters. The monoisotopic (exact) mass is 401 g/mol. The van der Waals surface area contributed by atoms with Gasteiger partial charge in [0.25, 0.3) is 5.91 Å². The van der Waals surface area contributed by atoms with Crippen LogP contribution in [0.3, 0.4) is 0 Å². The predicted molar refractivity (Wildman–Crippen MR) is 110 cm³/mol. The van der Waals surface area contributed by atoms with E-state index in [9.17, 15) is 4.79 Å². The summed E-state index contributed by atoms with van der Waals surface area (Å²) in [5, 5.41) is 8.37. The largest absolute Gasteiger partial charge is 0.345 e. The number of aromatic nitrogens is 2. The number of nitrogens with zero attached hydrogens (tertiary/aromatic N) is 2. The Balaban J connectivity index is 1.80. The Morgan fingerprint density at radius 3 is 2.44 bits per heavy atom. The molecule has 140 valence electrons. The van der Waals surface area contributed by atoms with Crippen LogP contribution in [-0.2, 0) is 6.54 Å². The van der Waals surface area contributed by atoms with E-state index in [4.69, 9.17) is 23.2 Å². The summed E-state index contributed by atoms with van der Waals surface area (Å²) in [7, 11) is 0. The van der Waals surface area contributed by atoms with Gasteiger partial charge >= 0.3 is 0 Å². The number of halogens is 2. The number of rotatable bonds is 5. The van der Waals surface area contributed by atoms with Crippen molar-refractivity contribution < 1.29 is 4.79 Å². The number of aryl methyl sites for hydroxylation is 2. The fraction of sp³-hybridized carbons (Fsp3) is 0.238. The molecular formula is C21H21Cl2N3O. The molecule has 0 radical (unpaired) electrons. The zero-order valence-corrected chi connectivity index (χ0v) is 17.0. The van der Waals surface area contributed by atoms with Gasteiger partial charge in [0, 0.05) is 5.02 Å². The molecule has 1 atom stereocenters. The van der Waals surface area contributed by atoms with E-state index in [1.54, 1.807) is 11.6 Å². The van der Waals surface area contributed by atoms with Crippen LogP contribution >= 0.6 is 23.2 Å². The van der Waals surface area contributed by atoms with Gasteiger partial charge in [0.1, 0.15) is 5.15 Å². The topological polar surface area (TPSA) is 46.9 Å². The Bertz CT molecular complexity index is 964. The highest BCUT2D eigenvalue weighted by Crippen LogP contribution is 2.24. The van der Waals surface area contributed by atoms with E-state index in [1.807, 2.05) is 62.4 Å². The third kappa shape index (κ3) is 4.34. The summed E-state index contributed by atoms with van der Waals surface area (Å²) in [6.45, 7) is 6.16. The minimum Gasteiger partial charge on any atom is -0.345 e. The van der Waals surface area contributed by atoms with Crippen molar-refractivity contribution in [1.82, 2.24) is 15.1 Å². The Kier molecular flexibility index (Phi) is 5.88. The molecule has 1 aromatic heterocycles. The average molecular weight is 402 g/mol. The Labute approximate surface area is 169 Å². The van der Waals surface area contributed by atoms with Gasteiger partial charge in [0.05, 0.1) is 23.8 Å². The summed E-state index contributed by atoms with van der Waals surface area (Å²) in [5.41, 5.74) is 4.08. The first-order chi connectivity index (χ1) is 12.9. The van der Waals surface area contributed by atoms with Crippen LogP contribution in [0.25, 0.3) is 0 Å². The maximum atomic E-state index is 12.8. The van der Waals surface area contributed by atoms with Crippen LogP contribution in [0.5, 0.6) is 0 Å². The molecule has 4 nitrogen and oxygen atoms in total. The molecule has 3 aromatic rings. The molecule has 0 fully saturated rings. The summed E-state index contributed by atoms with van der Waals surface area (Å²) in [4.78, 5) is 12.8. The molecule has 0 aliphatic carbocycles.